The molecule has 1 aliphatic rings. The Balaban J connectivity index is 2.51. The first-order chi connectivity index (χ1) is 9.32. The van der Waals surface area contributed by atoms with Crippen molar-refractivity contribution in [3.63, 3.8) is 0 Å². The third-order valence-electron chi connectivity index (χ3n) is 2.68. The summed E-state index contributed by atoms with van der Waals surface area (Å²) in [5, 5.41) is 8.79. The Labute approximate surface area is 117 Å². The van der Waals surface area contributed by atoms with Crippen LogP contribution in [0.1, 0.15) is 5.56 Å². The molecule has 0 bridgehead atoms. The molecule has 0 aromatic heterocycles. The van der Waals surface area contributed by atoms with Crippen LogP contribution in [0.15, 0.2) is 40.9 Å². The quantitative estimate of drug-likeness (QED) is 0.587. The molecule has 0 fully saturated rings. The average molecular weight is 298 g/mol. The van der Waals surface area contributed by atoms with Crippen molar-refractivity contribution < 1.29 is 17.6 Å². The lowest BCUT2D eigenvalue weighted by atomic mass is 9.93. The summed E-state index contributed by atoms with van der Waals surface area (Å²) in [5.74, 6) is -2.10. The van der Waals surface area contributed by atoms with Gasteiger partial charge in [0.05, 0.1) is 17.4 Å². The smallest absolute Gasteiger partial charge is 0.239 e. The highest BCUT2D eigenvalue weighted by atomic mass is 32.1. The number of thiocarbonyl (C=S) groups is 1. The van der Waals surface area contributed by atoms with E-state index in [2.05, 4.69) is 4.99 Å². The van der Waals surface area contributed by atoms with Gasteiger partial charge in [-0.3, -0.25) is 0 Å². The van der Waals surface area contributed by atoms with Crippen LogP contribution in [0.2, 0.25) is 0 Å². The van der Waals surface area contributed by atoms with Crippen molar-refractivity contribution in [3.05, 3.63) is 47.3 Å². The topological polar surface area (TPSA) is 36.1 Å². The largest absolute Gasteiger partial charge is 0.414 e. The first kappa shape index (κ1) is 14.3. The third kappa shape index (κ3) is 2.75. The minimum absolute atomic E-state index is 0.0335. The average Bonchev–Trinajstić information content (AvgIpc) is 2.37. The van der Waals surface area contributed by atoms with E-state index in [0.717, 1.165) is 18.2 Å². The zero-order valence-electron chi connectivity index (χ0n) is 9.78. The van der Waals surface area contributed by atoms with Gasteiger partial charge in [0.25, 0.3) is 0 Å². The number of rotatable bonds is 1. The molecule has 102 valence electrons. The number of hydrogen-bond donors (Lipinski definition) is 0. The highest BCUT2D eigenvalue weighted by Gasteiger charge is 2.42. The second kappa shape index (κ2) is 5.13. The Hall–Kier alpha value is -2.07. The maximum Gasteiger partial charge on any atom is 0.414 e. The molecule has 20 heavy (non-hydrogen) atoms. The molecular formula is C13H6F4N2S. The number of nitriles is 1. The van der Waals surface area contributed by atoms with Crippen molar-refractivity contribution in [2.24, 2.45) is 10.9 Å². The van der Waals surface area contributed by atoms with Gasteiger partial charge in [-0.25, -0.2) is 9.38 Å². The summed E-state index contributed by atoms with van der Waals surface area (Å²) < 4.78 is 51.5. The molecule has 0 N–H and O–H groups in total. The Morgan fingerprint density at radius 2 is 1.80 bits per heavy atom. The first-order valence-electron chi connectivity index (χ1n) is 5.40. The SMILES string of the molecule is N#CC1C(=S)N=C(c2ccc(F)cc2)C=C1C(F)(F)F. The lowest BCUT2D eigenvalue weighted by Crippen LogP contribution is -2.28. The molecule has 0 aliphatic carbocycles. The number of halogens is 4. The van der Waals surface area contributed by atoms with Gasteiger partial charge in [0.2, 0.25) is 0 Å². The zero-order chi connectivity index (χ0) is 14.9. The number of aliphatic imine (C=N–C) groups is 1. The third-order valence-corrected chi connectivity index (χ3v) is 3.00. The molecule has 0 spiro atoms. The molecule has 1 atom stereocenters. The maximum absolute atomic E-state index is 12.9. The maximum atomic E-state index is 12.9. The van der Waals surface area contributed by atoms with E-state index in [1.165, 1.54) is 18.2 Å². The molecule has 1 unspecified atom stereocenters. The van der Waals surface area contributed by atoms with Gasteiger partial charge < -0.3 is 0 Å². The van der Waals surface area contributed by atoms with Gasteiger partial charge >= 0.3 is 6.18 Å². The van der Waals surface area contributed by atoms with Crippen molar-refractivity contribution in [3.8, 4) is 6.07 Å². The number of hydrogen-bond acceptors (Lipinski definition) is 2. The van der Waals surface area contributed by atoms with Crippen LogP contribution < -0.4 is 0 Å². The monoisotopic (exact) mass is 298 g/mol. The van der Waals surface area contributed by atoms with Crippen LogP contribution in [0.3, 0.4) is 0 Å². The molecule has 2 nitrogen and oxygen atoms in total. The summed E-state index contributed by atoms with van der Waals surface area (Å²) in [5.41, 5.74) is -0.792. The molecule has 1 aromatic carbocycles. The van der Waals surface area contributed by atoms with Crippen LogP contribution in [0.5, 0.6) is 0 Å². The van der Waals surface area contributed by atoms with E-state index < -0.39 is 23.5 Å². The fourth-order valence-corrected chi connectivity index (χ4v) is 2.00. The molecule has 7 heteroatoms. The van der Waals surface area contributed by atoms with E-state index in [1.54, 1.807) is 0 Å². The minimum Gasteiger partial charge on any atom is -0.239 e. The molecule has 0 saturated heterocycles. The van der Waals surface area contributed by atoms with Gasteiger partial charge in [-0.2, -0.15) is 18.4 Å². The summed E-state index contributed by atoms with van der Waals surface area (Å²) in [6.45, 7) is 0. The minimum atomic E-state index is -4.67. The van der Waals surface area contributed by atoms with Gasteiger partial charge in [0, 0.05) is 5.56 Å². The molecule has 1 aliphatic heterocycles. The summed E-state index contributed by atoms with van der Waals surface area (Å²) >= 11 is 4.75. The second-order valence-electron chi connectivity index (χ2n) is 4.00. The van der Waals surface area contributed by atoms with Gasteiger partial charge in [0.15, 0.2) is 0 Å². The summed E-state index contributed by atoms with van der Waals surface area (Å²) in [6.07, 6.45) is -3.90. The summed E-state index contributed by atoms with van der Waals surface area (Å²) in [6, 6.07) is 6.31. The molecular weight excluding hydrogens is 292 g/mol. The number of benzene rings is 1. The van der Waals surface area contributed by atoms with Crippen molar-refractivity contribution >= 4 is 22.9 Å². The predicted octanol–water partition coefficient (Wildman–Crippen LogP) is 3.58. The number of nitrogens with zero attached hydrogens (tertiary/aromatic N) is 2. The fraction of sp³-hybridized carbons (Fsp3) is 0.154. The van der Waals surface area contributed by atoms with Crippen LogP contribution in [-0.4, -0.2) is 16.9 Å². The van der Waals surface area contributed by atoms with E-state index in [4.69, 9.17) is 17.5 Å². The number of allylic oxidation sites excluding steroid dienone is 1. The Bertz CT molecular complexity index is 650. The Morgan fingerprint density at radius 1 is 1.20 bits per heavy atom. The van der Waals surface area contributed by atoms with Gasteiger partial charge in [-0.15, -0.1) is 0 Å². The molecule has 1 heterocycles. The number of dihydropyridines is 1. The lowest BCUT2D eigenvalue weighted by molar-refractivity contribution is -0.0947. The van der Waals surface area contributed by atoms with E-state index >= 15 is 0 Å². The van der Waals surface area contributed by atoms with Gasteiger partial charge in [0.1, 0.15) is 16.7 Å². The van der Waals surface area contributed by atoms with Crippen molar-refractivity contribution in [1.82, 2.24) is 0 Å². The standard InChI is InChI=1S/C13H6F4N2S/c14-8-3-1-7(2-4-8)11-5-10(13(15,16)17)9(6-18)12(20)19-11/h1-5,9H. The summed E-state index contributed by atoms with van der Waals surface area (Å²) in [7, 11) is 0. The Morgan fingerprint density at radius 3 is 2.30 bits per heavy atom. The molecule has 0 radical (unpaired) electrons. The van der Waals surface area contributed by atoms with Crippen LogP contribution in [-0.2, 0) is 0 Å². The fourth-order valence-electron chi connectivity index (χ4n) is 1.72. The highest BCUT2D eigenvalue weighted by Crippen LogP contribution is 2.35. The van der Waals surface area contributed by atoms with E-state index in [0.29, 0.717) is 5.56 Å². The highest BCUT2D eigenvalue weighted by molar-refractivity contribution is 7.80. The summed E-state index contributed by atoms with van der Waals surface area (Å²) in [4.78, 5) is 3.48. The molecule has 2 rings (SSSR count). The lowest BCUT2D eigenvalue weighted by Gasteiger charge is -2.20. The van der Waals surface area contributed by atoms with Crippen molar-refractivity contribution in [1.29, 1.82) is 5.26 Å². The first-order valence-corrected chi connectivity index (χ1v) is 5.80. The normalized spacial score (nSPS) is 19.1. The van der Waals surface area contributed by atoms with E-state index in [-0.39, 0.29) is 10.7 Å². The van der Waals surface area contributed by atoms with Gasteiger partial charge in [-0.1, -0.05) is 12.2 Å². The van der Waals surface area contributed by atoms with Gasteiger partial charge in [-0.05, 0) is 30.3 Å². The number of alkyl halides is 3. The molecule has 0 saturated carbocycles. The van der Waals surface area contributed by atoms with E-state index in [1.807, 2.05) is 0 Å². The second-order valence-corrected chi connectivity index (χ2v) is 4.42. The predicted molar refractivity (Wildman–Crippen MR) is 68.8 cm³/mol. The van der Waals surface area contributed by atoms with Crippen LogP contribution in [0.25, 0.3) is 0 Å². The molecule has 0 amide bonds. The van der Waals surface area contributed by atoms with Crippen LogP contribution in [0.4, 0.5) is 17.6 Å². The van der Waals surface area contributed by atoms with Crippen molar-refractivity contribution in [2.75, 3.05) is 0 Å². The van der Waals surface area contributed by atoms with Crippen LogP contribution >= 0.6 is 12.2 Å². The Kier molecular flexibility index (Phi) is 3.68. The van der Waals surface area contributed by atoms with Crippen molar-refractivity contribution in [2.45, 2.75) is 6.18 Å². The van der Waals surface area contributed by atoms with E-state index in [9.17, 15) is 17.6 Å². The molecule has 1 aromatic rings. The van der Waals surface area contributed by atoms with Crippen LogP contribution in [0, 0.1) is 23.1 Å². The zero-order valence-corrected chi connectivity index (χ0v) is 10.6.